The van der Waals surface area contributed by atoms with E-state index in [9.17, 15) is 9.90 Å². The second-order valence-electron chi connectivity index (χ2n) is 5.61. The molecule has 2 N–H and O–H groups in total. The largest absolute Gasteiger partial charge is 0.392 e. The summed E-state index contributed by atoms with van der Waals surface area (Å²) >= 11 is 0. The lowest BCUT2D eigenvalue weighted by molar-refractivity contribution is 0.139. The Morgan fingerprint density at radius 1 is 1.62 bits per heavy atom. The van der Waals surface area contributed by atoms with E-state index in [0.717, 1.165) is 12.8 Å². The number of hydrogen-bond donors (Lipinski definition) is 2. The first kappa shape index (κ1) is 13.3. The number of aliphatic hydroxyl groups excluding tert-OH is 1. The highest BCUT2D eigenvalue weighted by atomic mass is 16.3. The third-order valence-corrected chi connectivity index (χ3v) is 3.44. The van der Waals surface area contributed by atoms with Crippen LogP contribution in [0.4, 0.5) is 4.79 Å². The highest BCUT2D eigenvalue weighted by Gasteiger charge is 2.35. The third kappa shape index (κ3) is 3.37. The number of nitrogens with zero attached hydrogens (tertiary/aromatic N) is 1. The van der Waals surface area contributed by atoms with Crippen molar-refractivity contribution in [3.05, 3.63) is 0 Å². The van der Waals surface area contributed by atoms with Gasteiger partial charge in [-0.2, -0.15) is 0 Å². The van der Waals surface area contributed by atoms with Crippen LogP contribution in [0.25, 0.3) is 0 Å². The summed E-state index contributed by atoms with van der Waals surface area (Å²) in [6, 6.07) is 0.178. The Bertz CT molecular complexity index is 251. The number of hydrogen-bond acceptors (Lipinski definition) is 2. The van der Waals surface area contributed by atoms with Crippen LogP contribution in [0.5, 0.6) is 0 Å². The molecule has 0 spiro atoms. The number of rotatable bonds is 3. The van der Waals surface area contributed by atoms with Gasteiger partial charge in [0, 0.05) is 19.6 Å². The van der Waals surface area contributed by atoms with Crippen LogP contribution in [0.3, 0.4) is 0 Å². The number of aliphatic hydroxyl groups is 1. The molecule has 0 heterocycles. The SMILES string of the molecule is CC(O)CN(C)C(=O)NC1CCCC1(C)C. The van der Waals surface area contributed by atoms with Gasteiger partial charge in [-0.15, -0.1) is 0 Å². The highest BCUT2D eigenvalue weighted by Crippen LogP contribution is 2.37. The summed E-state index contributed by atoms with van der Waals surface area (Å²) in [6.45, 7) is 6.45. The maximum Gasteiger partial charge on any atom is 0.317 e. The number of likely N-dealkylation sites (N-methyl/N-ethyl adjacent to an activating group) is 1. The molecule has 0 aromatic carbocycles. The van der Waals surface area contributed by atoms with E-state index in [4.69, 9.17) is 0 Å². The monoisotopic (exact) mass is 228 g/mol. The van der Waals surface area contributed by atoms with Crippen LogP contribution >= 0.6 is 0 Å². The minimum absolute atomic E-state index is 0.0825. The molecule has 1 fully saturated rings. The van der Waals surface area contributed by atoms with E-state index in [1.165, 1.54) is 6.42 Å². The van der Waals surface area contributed by atoms with Crippen LogP contribution in [0.1, 0.15) is 40.0 Å². The molecule has 4 nitrogen and oxygen atoms in total. The van der Waals surface area contributed by atoms with E-state index in [0.29, 0.717) is 6.54 Å². The van der Waals surface area contributed by atoms with Crippen molar-refractivity contribution in [1.82, 2.24) is 10.2 Å². The fourth-order valence-corrected chi connectivity index (χ4v) is 2.33. The van der Waals surface area contributed by atoms with Gasteiger partial charge in [0.15, 0.2) is 0 Å². The van der Waals surface area contributed by atoms with Crippen molar-refractivity contribution in [2.45, 2.75) is 52.2 Å². The zero-order valence-electron chi connectivity index (χ0n) is 10.8. The smallest absolute Gasteiger partial charge is 0.317 e. The molecule has 0 aromatic rings. The summed E-state index contributed by atoms with van der Waals surface area (Å²) in [5.74, 6) is 0. The maximum absolute atomic E-state index is 11.8. The van der Waals surface area contributed by atoms with E-state index in [2.05, 4.69) is 19.2 Å². The molecule has 16 heavy (non-hydrogen) atoms. The van der Waals surface area contributed by atoms with Gasteiger partial charge in [-0.1, -0.05) is 20.3 Å². The molecule has 0 radical (unpaired) electrons. The summed E-state index contributed by atoms with van der Waals surface area (Å²) in [7, 11) is 1.71. The van der Waals surface area contributed by atoms with Gasteiger partial charge in [-0.05, 0) is 25.2 Å². The Balaban J connectivity index is 2.45. The quantitative estimate of drug-likeness (QED) is 0.770. The van der Waals surface area contributed by atoms with E-state index < -0.39 is 6.10 Å². The molecule has 1 aliphatic rings. The molecule has 1 saturated carbocycles. The van der Waals surface area contributed by atoms with Crippen LogP contribution in [-0.4, -0.2) is 41.8 Å². The Labute approximate surface area is 98.0 Å². The predicted octanol–water partition coefficient (Wildman–Crippen LogP) is 1.59. The molecule has 94 valence electrons. The average Bonchev–Trinajstić information content (AvgIpc) is 2.44. The van der Waals surface area contributed by atoms with Gasteiger partial charge in [-0.3, -0.25) is 0 Å². The van der Waals surface area contributed by atoms with Crippen molar-refractivity contribution in [2.75, 3.05) is 13.6 Å². The molecule has 0 aliphatic heterocycles. The van der Waals surface area contributed by atoms with Crippen LogP contribution in [0, 0.1) is 5.41 Å². The number of nitrogens with one attached hydrogen (secondary N) is 1. The van der Waals surface area contributed by atoms with Gasteiger partial charge in [0.05, 0.1) is 6.10 Å². The fraction of sp³-hybridized carbons (Fsp3) is 0.917. The lowest BCUT2D eigenvalue weighted by atomic mass is 9.87. The molecular weight excluding hydrogens is 204 g/mol. The van der Waals surface area contributed by atoms with Gasteiger partial charge >= 0.3 is 6.03 Å². The van der Waals surface area contributed by atoms with E-state index in [1.54, 1.807) is 18.9 Å². The lowest BCUT2D eigenvalue weighted by Gasteiger charge is -2.30. The van der Waals surface area contributed by atoms with Crippen molar-refractivity contribution in [3.8, 4) is 0 Å². The Hall–Kier alpha value is -0.770. The molecule has 1 rings (SSSR count). The summed E-state index contributed by atoms with van der Waals surface area (Å²) in [4.78, 5) is 13.4. The number of urea groups is 1. The Morgan fingerprint density at radius 2 is 2.25 bits per heavy atom. The lowest BCUT2D eigenvalue weighted by Crippen LogP contribution is -2.48. The Kier molecular flexibility index (Phi) is 4.19. The zero-order valence-corrected chi connectivity index (χ0v) is 10.8. The molecule has 2 atom stereocenters. The van der Waals surface area contributed by atoms with Gasteiger partial charge in [-0.25, -0.2) is 4.79 Å². The molecule has 0 bridgehead atoms. The normalized spacial score (nSPS) is 25.2. The van der Waals surface area contributed by atoms with Gasteiger partial charge in [0.25, 0.3) is 0 Å². The maximum atomic E-state index is 11.8. The average molecular weight is 228 g/mol. The molecule has 0 aromatic heterocycles. The Morgan fingerprint density at radius 3 is 2.69 bits per heavy atom. The molecule has 0 saturated heterocycles. The van der Waals surface area contributed by atoms with Crippen LogP contribution < -0.4 is 5.32 Å². The first-order valence-electron chi connectivity index (χ1n) is 6.02. The third-order valence-electron chi connectivity index (χ3n) is 3.44. The van der Waals surface area contributed by atoms with Crippen molar-refractivity contribution in [2.24, 2.45) is 5.41 Å². The van der Waals surface area contributed by atoms with Crippen LogP contribution in [-0.2, 0) is 0 Å². The minimum atomic E-state index is -0.479. The van der Waals surface area contributed by atoms with Crippen molar-refractivity contribution < 1.29 is 9.90 Å². The van der Waals surface area contributed by atoms with Crippen LogP contribution in [0.15, 0.2) is 0 Å². The minimum Gasteiger partial charge on any atom is -0.392 e. The molecule has 4 heteroatoms. The predicted molar refractivity (Wildman–Crippen MR) is 64.3 cm³/mol. The van der Waals surface area contributed by atoms with Crippen LogP contribution in [0.2, 0.25) is 0 Å². The fourth-order valence-electron chi connectivity index (χ4n) is 2.33. The van der Waals surface area contributed by atoms with Crippen molar-refractivity contribution in [1.29, 1.82) is 0 Å². The standard InChI is InChI=1S/C12H24N2O2/c1-9(15)8-14(4)11(16)13-10-6-5-7-12(10,2)3/h9-10,15H,5-8H2,1-4H3,(H,13,16). The van der Waals surface area contributed by atoms with Gasteiger partial charge in [0.2, 0.25) is 0 Å². The number of carbonyl (C=O) groups excluding carboxylic acids is 1. The highest BCUT2D eigenvalue weighted by molar-refractivity contribution is 5.74. The first-order chi connectivity index (χ1) is 7.33. The second-order valence-corrected chi connectivity index (χ2v) is 5.61. The molecular formula is C12H24N2O2. The van der Waals surface area contributed by atoms with Gasteiger partial charge in [0.1, 0.15) is 0 Å². The van der Waals surface area contributed by atoms with Crippen molar-refractivity contribution in [3.63, 3.8) is 0 Å². The van der Waals surface area contributed by atoms with E-state index in [1.807, 2.05) is 0 Å². The topological polar surface area (TPSA) is 52.6 Å². The zero-order chi connectivity index (χ0) is 12.3. The summed E-state index contributed by atoms with van der Waals surface area (Å²) in [5.41, 5.74) is 0.196. The van der Waals surface area contributed by atoms with Crippen molar-refractivity contribution >= 4 is 6.03 Å². The van der Waals surface area contributed by atoms with Gasteiger partial charge < -0.3 is 15.3 Å². The summed E-state index contributed by atoms with van der Waals surface area (Å²) in [5, 5.41) is 12.3. The van der Waals surface area contributed by atoms with E-state index in [-0.39, 0.29) is 17.5 Å². The summed E-state index contributed by atoms with van der Waals surface area (Å²) < 4.78 is 0. The molecule has 2 amide bonds. The van der Waals surface area contributed by atoms with E-state index >= 15 is 0 Å². The molecule has 2 unspecified atom stereocenters. The number of amides is 2. The molecule has 1 aliphatic carbocycles. The number of carbonyl (C=O) groups is 1. The summed E-state index contributed by atoms with van der Waals surface area (Å²) in [6.07, 6.45) is 2.92. The first-order valence-corrected chi connectivity index (χ1v) is 6.02. The second kappa shape index (κ2) is 5.04.